The summed E-state index contributed by atoms with van der Waals surface area (Å²) < 4.78 is 0. The largest absolute Gasteiger partial charge is 0.478 e. The molecule has 24 heavy (non-hydrogen) atoms. The van der Waals surface area contributed by atoms with Crippen LogP contribution in [0.15, 0.2) is 48.7 Å². The normalized spacial score (nSPS) is 13.4. The summed E-state index contributed by atoms with van der Waals surface area (Å²) in [5.74, 6) is -1.01. The molecule has 0 bridgehead atoms. The van der Waals surface area contributed by atoms with Crippen LogP contribution in [-0.4, -0.2) is 28.5 Å². The van der Waals surface area contributed by atoms with Crippen molar-refractivity contribution < 1.29 is 14.7 Å². The molecule has 0 atom stereocenters. The van der Waals surface area contributed by atoms with Crippen molar-refractivity contribution in [3.8, 4) is 11.1 Å². The summed E-state index contributed by atoms with van der Waals surface area (Å²) in [5, 5.41) is 12.8. The zero-order valence-corrected chi connectivity index (χ0v) is 12.7. The number of carboxylic acids is 1. The van der Waals surface area contributed by atoms with Crippen molar-refractivity contribution in [2.45, 2.75) is 6.42 Å². The predicted molar refractivity (Wildman–Crippen MR) is 90.2 cm³/mol. The van der Waals surface area contributed by atoms with Crippen molar-refractivity contribution in [3.05, 3.63) is 65.4 Å². The summed E-state index contributed by atoms with van der Waals surface area (Å²) in [6, 6.07) is 12.8. The number of rotatable bonds is 2. The van der Waals surface area contributed by atoms with Crippen molar-refractivity contribution in [2.75, 3.05) is 6.54 Å². The minimum Gasteiger partial charge on any atom is -0.478 e. The quantitative estimate of drug-likeness (QED) is 0.761. The van der Waals surface area contributed by atoms with E-state index in [4.69, 9.17) is 0 Å². The van der Waals surface area contributed by atoms with Crippen LogP contribution in [0.2, 0.25) is 0 Å². The van der Waals surface area contributed by atoms with E-state index >= 15 is 0 Å². The molecular weight excluding hydrogens is 304 g/mol. The van der Waals surface area contributed by atoms with Crippen molar-refractivity contribution >= 4 is 22.8 Å². The number of pyridine rings is 1. The van der Waals surface area contributed by atoms with E-state index in [1.807, 2.05) is 36.4 Å². The summed E-state index contributed by atoms with van der Waals surface area (Å²) in [4.78, 5) is 27.5. The number of aromatic nitrogens is 1. The maximum Gasteiger partial charge on any atom is 0.336 e. The number of hydrogen-bond acceptors (Lipinski definition) is 3. The molecule has 1 aliphatic heterocycles. The Kier molecular flexibility index (Phi) is 3.27. The number of nitrogens with one attached hydrogen (secondary N) is 1. The fourth-order valence-electron chi connectivity index (χ4n) is 3.12. The molecule has 2 N–H and O–H groups in total. The molecule has 0 aliphatic carbocycles. The van der Waals surface area contributed by atoms with Gasteiger partial charge >= 0.3 is 5.97 Å². The van der Waals surface area contributed by atoms with Gasteiger partial charge in [0.25, 0.3) is 5.91 Å². The second-order valence-electron chi connectivity index (χ2n) is 5.77. The molecule has 1 aliphatic rings. The van der Waals surface area contributed by atoms with Gasteiger partial charge in [-0.25, -0.2) is 4.79 Å². The lowest BCUT2D eigenvalue weighted by Gasteiger charge is -2.17. The zero-order chi connectivity index (χ0) is 16.7. The Hall–Kier alpha value is -3.21. The fourth-order valence-corrected chi connectivity index (χ4v) is 3.12. The lowest BCUT2D eigenvalue weighted by atomic mass is 9.94. The van der Waals surface area contributed by atoms with E-state index in [2.05, 4.69) is 10.3 Å². The van der Waals surface area contributed by atoms with Crippen molar-refractivity contribution in [1.82, 2.24) is 10.3 Å². The van der Waals surface area contributed by atoms with E-state index < -0.39 is 5.97 Å². The van der Waals surface area contributed by atoms with Crippen LogP contribution in [0.5, 0.6) is 0 Å². The molecule has 5 heteroatoms. The predicted octanol–water partition coefficient (Wildman–Crippen LogP) is 2.89. The average molecular weight is 318 g/mol. The second kappa shape index (κ2) is 5.45. The molecule has 1 amide bonds. The average Bonchev–Trinajstić information content (AvgIpc) is 2.60. The minimum atomic E-state index is -0.971. The van der Waals surface area contributed by atoms with E-state index in [-0.39, 0.29) is 11.5 Å². The molecule has 2 aromatic carbocycles. The van der Waals surface area contributed by atoms with E-state index in [9.17, 15) is 14.7 Å². The molecule has 0 fully saturated rings. The second-order valence-corrected chi connectivity index (χ2v) is 5.77. The smallest absolute Gasteiger partial charge is 0.336 e. The summed E-state index contributed by atoms with van der Waals surface area (Å²) in [6.45, 7) is 0.639. The summed E-state index contributed by atoms with van der Waals surface area (Å²) in [6.07, 6.45) is 2.30. The minimum absolute atomic E-state index is 0.0429. The van der Waals surface area contributed by atoms with Gasteiger partial charge in [0.05, 0.1) is 11.1 Å². The molecule has 0 saturated heterocycles. The lowest BCUT2D eigenvalue weighted by molar-refractivity contribution is 0.0698. The molecule has 0 unspecified atom stereocenters. The van der Waals surface area contributed by atoms with Crippen LogP contribution >= 0.6 is 0 Å². The van der Waals surface area contributed by atoms with Crippen LogP contribution in [0, 0.1) is 0 Å². The van der Waals surface area contributed by atoms with E-state index in [0.29, 0.717) is 23.0 Å². The van der Waals surface area contributed by atoms with Gasteiger partial charge in [0.1, 0.15) is 0 Å². The van der Waals surface area contributed by atoms with E-state index in [1.54, 1.807) is 0 Å². The molecule has 4 rings (SSSR count). The molecule has 0 spiro atoms. The highest BCUT2D eigenvalue weighted by Gasteiger charge is 2.17. The molecule has 0 radical (unpaired) electrons. The van der Waals surface area contributed by atoms with Gasteiger partial charge in [-0.1, -0.05) is 18.2 Å². The van der Waals surface area contributed by atoms with Gasteiger partial charge < -0.3 is 10.4 Å². The van der Waals surface area contributed by atoms with Gasteiger partial charge in [-0.2, -0.15) is 0 Å². The van der Waals surface area contributed by atoms with E-state index in [0.717, 1.165) is 23.1 Å². The van der Waals surface area contributed by atoms with Crippen molar-refractivity contribution in [1.29, 1.82) is 0 Å². The van der Waals surface area contributed by atoms with Gasteiger partial charge in [-0.05, 0) is 47.4 Å². The third kappa shape index (κ3) is 2.31. The highest BCUT2D eigenvalue weighted by atomic mass is 16.4. The highest BCUT2D eigenvalue weighted by molar-refractivity contribution is 6.03. The first-order valence-corrected chi connectivity index (χ1v) is 7.67. The molecule has 5 nitrogen and oxygen atoms in total. The number of nitrogens with zero attached hydrogens (tertiary/aromatic N) is 1. The molecule has 3 aromatic rings. The number of aromatic carboxylic acids is 1. The number of benzene rings is 2. The molecule has 118 valence electrons. The third-order valence-electron chi connectivity index (χ3n) is 4.34. The van der Waals surface area contributed by atoms with E-state index in [1.165, 1.54) is 12.3 Å². The van der Waals surface area contributed by atoms with Crippen LogP contribution in [-0.2, 0) is 6.42 Å². The Bertz CT molecular complexity index is 995. The first-order chi connectivity index (χ1) is 11.6. The molecule has 1 aromatic heterocycles. The Morgan fingerprint density at radius 3 is 2.71 bits per heavy atom. The van der Waals surface area contributed by atoms with Crippen LogP contribution in [0.4, 0.5) is 0 Å². The monoisotopic (exact) mass is 318 g/mol. The van der Waals surface area contributed by atoms with Gasteiger partial charge in [-0.3, -0.25) is 9.78 Å². The number of hydrogen-bond donors (Lipinski definition) is 2. The van der Waals surface area contributed by atoms with Crippen LogP contribution < -0.4 is 5.32 Å². The Labute approximate surface area is 138 Å². The Morgan fingerprint density at radius 1 is 1.08 bits per heavy atom. The maximum absolute atomic E-state index is 11.8. The Morgan fingerprint density at radius 2 is 1.88 bits per heavy atom. The number of carbonyl (C=O) groups is 2. The lowest BCUT2D eigenvalue weighted by Crippen LogP contribution is -2.31. The summed E-state index contributed by atoms with van der Waals surface area (Å²) >= 11 is 0. The van der Waals surface area contributed by atoms with Gasteiger partial charge in [0, 0.05) is 23.7 Å². The highest BCUT2D eigenvalue weighted by Crippen LogP contribution is 2.28. The van der Waals surface area contributed by atoms with Gasteiger partial charge in [0.15, 0.2) is 0 Å². The fraction of sp³-hybridized carbons (Fsp3) is 0.105. The Balaban J connectivity index is 1.86. The first kappa shape index (κ1) is 14.4. The van der Waals surface area contributed by atoms with Gasteiger partial charge in [0.2, 0.25) is 0 Å². The number of fused-ring (bicyclic) bond motifs is 2. The molecule has 2 heterocycles. The van der Waals surface area contributed by atoms with Crippen molar-refractivity contribution in [3.63, 3.8) is 0 Å². The standard InChI is InChI=1S/C19H14N2O3/c22-18-14-3-1-11(9-13(14)5-7-21-18)12-2-4-17-16(10-12)15(19(23)24)6-8-20-17/h1-4,6,8-10H,5,7H2,(H,21,22)(H,23,24). The summed E-state index contributed by atoms with van der Waals surface area (Å²) in [5.41, 5.74) is 4.48. The molecular formula is C19H14N2O3. The van der Waals surface area contributed by atoms with Crippen LogP contribution in [0.25, 0.3) is 22.0 Å². The number of amides is 1. The summed E-state index contributed by atoms with van der Waals surface area (Å²) in [7, 11) is 0. The van der Waals surface area contributed by atoms with Gasteiger partial charge in [-0.15, -0.1) is 0 Å². The first-order valence-electron chi connectivity index (χ1n) is 7.67. The molecule has 0 saturated carbocycles. The SMILES string of the molecule is O=C1NCCc2cc(-c3ccc4nccc(C(=O)O)c4c3)ccc21. The topological polar surface area (TPSA) is 79.3 Å². The maximum atomic E-state index is 11.8. The van der Waals surface area contributed by atoms with Crippen LogP contribution in [0.1, 0.15) is 26.3 Å². The van der Waals surface area contributed by atoms with Crippen molar-refractivity contribution in [2.24, 2.45) is 0 Å². The third-order valence-corrected chi connectivity index (χ3v) is 4.34. The number of carbonyl (C=O) groups excluding carboxylic acids is 1. The zero-order valence-electron chi connectivity index (χ0n) is 12.7. The van der Waals surface area contributed by atoms with Crippen LogP contribution in [0.3, 0.4) is 0 Å². The number of carboxylic acid groups (broad SMARTS) is 1.